The van der Waals surface area contributed by atoms with E-state index < -0.39 is 0 Å². The van der Waals surface area contributed by atoms with E-state index >= 15 is 0 Å². The van der Waals surface area contributed by atoms with Crippen LogP contribution in [0.4, 0.5) is 0 Å². The first-order valence-corrected chi connectivity index (χ1v) is 3.03. The van der Waals surface area contributed by atoms with Crippen molar-refractivity contribution in [3.8, 4) is 0 Å². The van der Waals surface area contributed by atoms with E-state index in [0.29, 0.717) is 18.6 Å². The van der Waals surface area contributed by atoms with Gasteiger partial charge in [-0.05, 0) is 11.8 Å². The highest BCUT2D eigenvalue weighted by molar-refractivity contribution is 5.93. The maximum Gasteiger partial charge on any atom is 0.337 e. The van der Waals surface area contributed by atoms with Gasteiger partial charge in [0.2, 0.25) is 0 Å². The SMILES string of the molecule is C=C1C(=O)OCC/C1=C/N. The summed E-state index contributed by atoms with van der Waals surface area (Å²) in [6, 6.07) is 0. The van der Waals surface area contributed by atoms with Crippen LogP contribution in [0.15, 0.2) is 23.9 Å². The first kappa shape index (κ1) is 6.86. The van der Waals surface area contributed by atoms with Crippen LogP contribution >= 0.6 is 0 Å². The monoisotopic (exact) mass is 139 g/mol. The molecule has 54 valence electrons. The molecule has 0 unspecified atom stereocenters. The molecule has 0 spiro atoms. The molecule has 10 heavy (non-hydrogen) atoms. The van der Waals surface area contributed by atoms with Crippen LogP contribution in [0.25, 0.3) is 0 Å². The number of esters is 1. The zero-order valence-electron chi connectivity index (χ0n) is 5.59. The molecule has 1 aliphatic heterocycles. The molecular formula is C7H9NO2. The van der Waals surface area contributed by atoms with Crippen molar-refractivity contribution in [1.82, 2.24) is 0 Å². The van der Waals surface area contributed by atoms with Crippen molar-refractivity contribution >= 4 is 5.97 Å². The van der Waals surface area contributed by atoms with Crippen molar-refractivity contribution < 1.29 is 9.53 Å². The summed E-state index contributed by atoms with van der Waals surface area (Å²) in [7, 11) is 0. The number of nitrogens with two attached hydrogens (primary N) is 1. The van der Waals surface area contributed by atoms with Crippen LogP contribution < -0.4 is 5.73 Å². The third kappa shape index (κ3) is 1.03. The molecule has 0 saturated carbocycles. The largest absolute Gasteiger partial charge is 0.462 e. The van der Waals surface area contributed by atoms with Gasteiger partial charge in [0, 0.05) is 6.42 Å². The lowest BCUT2D eigenvalue weighted by Crippen LogP contribution is -2.17. The Bertz CT molecular complexity index is 206. The van der Waals surface area contributed by atoms with Crippen molar-refractivity contribution in [2.24, 2.45) is 5.73 Å². The van der Waals surface area contributed by atoms with Crippen LogP contribution in [0, 0.1) is 0 Å². The number of rotatable bonds is 0. The van der Waals surface area contributed by atoms with E-state index in [4.69, 9.17) is 5.73 Å². The number of hydrogen-bond donors (Lipinski definition) is 1. The first-order chi connectivity index (χ1) is 4.75. The van der Waals surface area contributed by atoms with Gasteiger partial charge in [-0.2, -0.15) is 0 Å². The highest BCUT2D eigenvalue weighted by Crippen LogP contribution is 2.17. The Labute approximate surface area is 59.2 Å². The molecule has 0 atom stereocenters. The van der Waals surface area contributed by atoms with E-state index in [2.05, 4.69) is 11.3 Å². The van der Waals surface area contributed by atoms with Crippen LogP contribution in [0.3, 0.4) is 0 Å². The van der Waals surface area contributed by atoms with Crippen LogP contribution in [-0.2, 0) is 9.53 Å². The predicted molar refractivity (Wildman–Crippen MR) is 37.0 cm³/mol. The third-order valence-corrected chi connectivity index (χ3v) is 1.44. The van der Waals surface area contributed by atoms with E-state index in [-0.39, 0.29) is 5.97 Å². The second-order valence-corrected chi connectivity index (χ2v) is 2.06. The highest BCUT2D eigenvalue weighted by atomic mass is 16.5. The van der Waals surface area contributed by atoms with Crippen molar-refractivity contribution in [2.75, 3.05) is 6.61 Å². The minimum Gasteiger partial charge on any atom is -0.462 e. The highest BCUT2D eigenvalue weighted by Gasteiger charge is 2.18. The molecule has 1 rings (SSSR count). The van der Waals surface area contributed by atoms with Crippen molar-refractivity contribution in [3.05, 3.63) is 23.9 Å². The predicted octanol–water partition coefficient (Wildman–Crippen LogP) is 0.332. The average molecular weight is 139 g/mol. The van der Waals surface area contributed by atoms with Gasteiger partial charge in [-0.25, -0.2) is 4.79 Å². The molecule has 1 heterocycles. The number of carbonyl (C=O) groups is 1. The van der Waals surface area contributed by atoms with Crippen LogP contribution in [0.2, 0.25) is 0 Å². The number of carbonyl (C=O) groups excluding carboxylic acids is 1. The molecule has 3 nitrogen and oxygen atoms in total. The lowest BCUT2D eigenvalue weighted by Gasteiger charge is -2.15. The van der Waals surface area contributed by atoms with Gasteiger partial charge in [-0.1, -0.05) is 6.58 Å². The summed E-state index contributed by atoms with van der Waals surface area (Å²) < 4.78 is 4.69. The van der Waals surface area contributed by atoms with Gasteiger partial charge in [0.25, 0.3) is 0 Å². The topological polar surface area (TPSA) is 52.3 Å². The first-order valence-electron chi connectivity index (χ1n) is 3.03. The Morgan fingerprint density at radius 2 is 2.40 bits per heavy atom. The summed E-state index contributed by atoms with van der Waals surface area (Å²) >= 11 is 0. The standard InChI is InChI=1S/C7H9NO2/c1-5-6(4-8)2-3-10-7(5)9/h4H,1-3,8H2/b6-4-. The van der Waals surface area contributed by atoms with Gasteiger partial charge < -0.3 is 10.5 Å². The van der Waals surface area contributed by atoms with E-state index in [1.54, 1.807) is 0 Å². The maximum absolute atomic E-state index is 10.7. The zero-order valence-corrected chi connectivity index (χ0v) is 5.59. The molecule has 0 bridgehead atoms. The van der Waals surface area contributed by atoms with Gasteiger partial charge in [-0.3, -0.25) is 0 Å². The summed E-state index contributed by atoms with van der Waals surface area (Å²) in [5, 5.41) is 0. The molecule has 0 amide bonds. The van der Waals surface area contributed by atoms with Gasteiger partial charge >= 0.3 is 5.97 Å². The summed E-state index contributed by atoms with van der Waals surface area (Å²) in [4.78, 5) is 10.7. The smallest absolute Gasteiger partial charge is 0.337 e. The van der Waals surface area contributed by atoms with Crippen LogP contribution in [-0.4, -0.2) is 12.6 Å². The molecule has 0 aliphatic carbocycles. The number of cyclic esters (lactones) is 1. The Morgan fingerprint density at radius 1 is 1.70 bits per heavy atom. The Hall–Kier alpha value is -1.25. The molecule has 0 aromatic rings. The van der Waals surface area contributed by atoms with Crippen molar-refractivity contribution in [1.29, 1.82) is 0 Å². The summed E-state index contributed by atoms with van der Waals surface area (Å²) in [6.45, 7) is 3.94. The van der Waals surface area contributed by atoms with Crippen LogP contribution in [0.5, 0.6) is 0 Å². The Balaban J connectivity index is 2.79. The molecule has 0 aromatic heterocycles. The quantitative estimate of drug-likeness (QED) is 0.388. The molecule has 1 saturated heterocycles. The van der Waals surface area contributed by atoms with Gasteiger partial charge in [0.15, 0.2) is 0 Å². The second kappa shape index (κ2) is 2.56. The molecule has 1 fully saturated rings. The molecule has 0 aromatic carbocycles. The fourth-order valence-electron chi connectivity index (χ4n) is 0.807. The minimum absolute atomic E-state index is 0.358. The van der Waals surface area contributed by atoms with Crippen molar-refractivity contribution in [3.63, 3.8) is 0 Å². The van der Waals surface area contributed by atoms with Gasteiger partial charge in [-0.15, -0.1) is 0 Å². The molecular weight excluding hydrogens is 130 g/mol. The normalized spacial score (nSPS) is 23.0. The van der Waals surface area contributed by atoms with E-state index in [0.717, 1.165) is 5.57 Å². The lowest BCUT2D eigenvalue weighted by molar-refractivity contribution is -0.139. The van der Waals surface area contributed by atoms with Crippen LogP contribution in [0.1, 0.15) is 6.42 Å². The van der Waals surface area contributed by atoms with E-state index in [9.17, 15) is 4.79 Å². The number of ether oxygens (including phenoxy) is 1. The Kier molecular flexibility index (Phi) is 1.76. The van der Waals surface area contributed by atoms with Gasteiger partial charge in [0.1, 0.15) is 0 Å². The Morgan fingerprint density at radius 3 is 2.90 bits per heavy atom. The summed E-state index contributed by atoms with van der Waals surface area (Å²) in [5.74, 6) is -0.358. The van der Waals surface area contributed by atoms with E-state index in [1.165, 1.54) is 6.20 Å². The lowest BCUT2D eigenvalue weighted by atomic mass is 10.0. The third-order valence-electron chi connectivity index (χ3n) is 1.44. The fourth-order valence-corrected chi connectivity index (χ4v) is 0.807. The molecule has 0 radical (unpaired) electrons. The molecule has 3 heteroatoms. The summed E-state index contributed by atoms with van der Waals surface area (Å²) in [6.07, 6.45) is 2.09. The number of hydrogen-bond acceptors (Lipinski definition) is 3. The maximum atomic E-state index is 10.7. The molecule has 2 N–H and O–H groups in total. The zero-order chi connectivity index (χ0) is 7.56. The van der Waals surface area contributed by atoms with Gasteiger partial charge in [0.05, 0.1) is 12.2 Å². The van der Waals surface area contributed by atoms with Crippen molar-refractivity contribution in [2.45, 2.75) is 6.42 Å². The average Bonchev–Trinajstić information content (AvgIpc) is 1.95. The van der Waals surface area contributed by atoms with E-state index in [1.807, 2.05) is 0 Å². The summed E-state index contributed by atoms with van der Waals surface area (Å²) in [5.41, 5.74) is 6.40. The fraction of sp³-hybridized carbons (Fsp3) is 0.286. The molecule has 1 aliphatic rings. The minimum atomic E-state index is -0.358. The second-order valence-electron chi connectivity index (χ2n) is 2.06.